The molecule has 2 heterocycles. The van der Waals surface area contributed by atoms with Gasteiger partial charge in [-0.1, -0.05) is 18.2 Å². The van der Waals surface area contributed by atoms with Crippen LogP contribution in [0.3, 0.4) is 0 Å². The number of halogens is 1. The Kier molecular flexibility index (Phi) is 4.38. The Morgan fingerprint density at radius 3 is 2.76 bits per heavy atom. The van der Waals surface area contributed by atoms with Gasteiger partial charge < -0.3 is 5.32 Å². The van der Waals surface area contributed by atoms with Crippen LogP contribution in [0.15, 0.2) is 46.3 Å². The molecule has 0 aliphatic rings. The van der Waals surface area contributed by atoms with Gasteiger partial charge in [-0.05, 0) is 59.7 Å². The number of aryl methyl sites for hydroxylation is 1. The number of aromatic nitrogens is 1. The molecular weight excluding hydrogens is 344 g/mol. The lowest BCUT2D eigenvalue weighted by molar-refractivity contribution is 0.582. The molecule has 108 valence electrons. The predicted molar refractivity (Wildman–Crippen MR) is 94.0 cm³/mol. The lowest BCUT2D eigenvalue weighted by Gasteiger charge is -2.16. The molecule has 0 saturated heterocycles. The molecule has 1 atom stereocenters. The molecule has 21 heavy (non-hydrogen) atoms. The molecule has 0 aliphatic heterocycles. The zero-order valence-corrected chi connectivity index (χ0v) is 14.5. The number of para-hydroxylation sites is 1. The molecule has 3 rings (SSSR count). The number of rotatable bonds is 4. The van der Waals surface area contributed by atoms with Crippen LogP contribution < -0.4 is 5.32 Å². The van der Waals surface area contributed by atoms with E-state index in [1.807, 2.05) is 13.1 Å². The number of hydrogen-bond acceptors (Lipinski definition) is 3. The van der Waals surface area contributed by atoms with E-state index in [0.717, 1.165) is 17.6 Å². The molecule has 2 aromatic heterocycles. The maximum atomic E-state index is 4.84. The second kappa shape index (κ2) is 6.26. The van der Waals surface area contributed by atoms with Gasteiger partial charge in [-0.3, -0.25) is 4.98 Å². The minimum atomic E-state index is 0.235. The number of pyridine rings is 1. The fourth-order valence-corrected chi connectivity index (χ4v) is 4.10. The highest BCUT2D eigenvalue weighted by Crippen LogP contribution is 2.28. The second-order valence-electron chi connectivity index (χ2n) is 5.13. The fourth-order valence-electron chi connectivity index (χ4n) is 2.57. The Balaban J connectivity index is 1.96. The van der Waals surface area contributed by atoms with E-state index in [9.17, 15) is 0 Å². The van der Waals surface area contributed by atoms with Crippen molar-refractivity contribution in [2.24, 2.45) is 0 Å². The third-order valence-electron chi connectivity index (χ3n) is 3.68. The summed E-state index contributed by atoms with van der Waals surface area (Å²) in [4.78, 5) is 6.20. The number of nitrogens with zero attached hydrogens (tertiary/aromatic N) is 1. The number of hydrogen-bond donors (Lipinski definition) is 1. The highest BCUT2D eigenvalue weighted by Gasteiger charge is 2.14. The Morgan fingerprint density at radius 2 is 2.05 bits per heavy atom. The highest BCUT2D eigenvalue weighted by molar-refractivity contribution is 9.11. The molecule has 0 radical (unpaired) electrons. The molecule has 1 unspecified atom stereocenters. The molecule has 0 fully saturated rings. The van der Waals surface area contributed by atoms with Crippen molar-refractivity contribution in [3.05, 3.63) is 62.4 Å². The van der Waals surface area contributed by atoms with Crippen molar-refractivity contribution >= 4 is 38.2 Å². The first-order valence-corrected chi connectivity index (χ1v) is 8.56. The SMILES string of the molecule is CNC(Cc1ccc(Br)s1)c1cc(C)c2ccccc2n1. The van der Waals surface area contributed by atoms with E-state index in [1.165, 1.54) is 19.6 Å². The number of nitrogens with one attached hydrogen (secondary N) is 1. The van der Waals surface area contributed by atoms with E-state index < -0.39 is 0 Å². The fraction of sp³-hybridized carbons (Fsp3) is 0.235. The molecule has 2 nitrogen and oxygen atoms in total. The van der Waals surface area contributed by atoms with Crippen molar-refractivity contribution in [2.45, 2.75) is 19.4 Å². The summed E-state index contributed by atoms with van der Waals surface area (Å²) in [6.45, 7) is 2.15. The first kappa shape index (κ1) is 14.7. The molecule has 3 aromatic rings. The summed E-state index contributed by atoms with van der Waals surface area (Å²) in [5.74, 6) is 0. The van der Waals surface area contributed by atoms with Gasteiger partial charge in [-0.15, -0.1) is 11.3 Å². The van der Waals surface area contributed by atoms with Crippen LogP contribution in [0.5, 0.6) is 0 Å². The lowest BCUT2D eigenvalue weighted by atomic mass is 10.0. The van der Waals surface area contributed by atoms with Gasteiger partial charge in [0.25, 0.3) is 0 Å². The van der Waals surface area contributed by atoms with E-state index in [1.54, 1.807) is 11.3 Å². The van der Waals surface area contributed by atoms with Crippen LogP contribution in [0.25, 0.3) is 10.9 Å². The summed E-state index contributed by atoms with van der Waals surface area (Å²) in [5, 5.41) is 4.63. The molecule has 0 spiro atoms. The highest BCUT2D eigenvalue weighted by atomic mass is 79.9. The quantitative estimate of drug-likeness (QED) is 0.717. The van der Waals surface area contributed by atoms with Crippen LogP contribution in [-0.2, 0) is 6.42 Å². The standard InChI is InChI=1S/C17H17BrN2S/c1-11-9-16(20-14-6-4-3-5-13(11)14)15(19-2)10-12-7-8-17(18)21-12/h3-9,15,19H,10H2,1-2H3. The van der Waals surface area contributed by atoms with Gasteiger partial charge in [0, 0.05) is 16.7 Å². The lowest BCUT2D eigenvalue weighted by Crippen LogP contribution is -2.19. The van der Waals surface area contributed by atoms with E-state index in [-0.39, 0.29) is 6.04 Å². The summed E-state index contributed by atoms with van der Waals surface area (Å²) in [6, 6.07) is 15.0. The van der Waals surface area contributed by atoms with Gasteiger partial charge in [0.1, 0.15) is 0 Å². The second-order valence-corrected chi connectivity index (χ2v) is 7.68. The summed E-state index contributed by atoms with van der Waals surface area (Å²) in [7, 11) is 2.00. The van der Waals surface area contributed by atoms with Crippen LogP contribution in [-0.4, -0.2) is 12.0 Å². The molecule has 1 aromatic carbocycles. The zero-order chi connectivity index (χ0) is 14.8. The van der Waals surface area contributed by atoms with Crippen LogP contribution in [0.4, 0.5) is 0 Å². The zero-order valence-electron chi connectivity index (χ0n) is 12.1. The van der Waals surface area contributed by atoms with E-state index in [4.69, 9.17) is 4.98 Å². The van der Waals surface area contributed by atoms with Gasteiger partial charge in [-0.2, -0.15) is 0 Å². The average molecular weight is 361 g/mol. The van der Waals surface area contributed by atoms with Crippen molar-refractivity contribution in [3.8, 4) is 0 Å². The number of thiophene rings is 1. The minimum absolute atomic E-state index is 0.235. The largest absolute Gasteiger partial charge is 0.311 e. The van der Waals surface area contributed by atoms with Crippen molar-refractivity contribution in [3.63, 3.8) is 0 Å². The van der Waals surface area contributed by atoms with Crippen molar-refractivity contribution < 1.29 is 0 Å². The Bertz CT molecular complexity index is 766. The van der Waals surface area contributed by atoms with Crippen molar-refractivity contribution in [2.75, 3.05) is 7.05 Å². The van der Waals surface area contributed by atoms with Crippen LogP contribution in [0.1, 0.15) is 22.2 Å². The maximum absolute atomic E-state index is 4.84. The van der Waals surface area contributed by atoms with Crippen molar-refractivity contribution in [1.82, 2.24) is 10.3 Å². The van der Waals surface area contributed by atoms with Gasteiger partial charge in [0.15, 0.2) is 0 Å². The van der Waals surface area contributed by atoms with Gasteiger partial charge in [0.05, 0.1) is 21.0 Å². The third kappa shape index (κ3) is 3.18. The van der Waals surface area contributed by atoms with Crippen LogP contribution >= 0.6 is 27.3 Å². The maximum Gasteiger partial charge on any atom is 0.0708 e. The van der Waals surface area contributed by atoms with Crippen LogP contribution in [0.2, 0.25) is 0 Å². The predicted octanol–water partition coefficient (Wildman–Crippen LogP) is 4.87. The molecule has 0 aliphatic carbocycles. The normalized spacial score (nSPS) is 12.7. The average Bonchev–Trinajstić information content (AvgIpc) is 2.90. The monoisotopic (exact) mass is 360 g/mol. The van der Waals surface area contributed by atoms with Crippen molar-refractivity contribution in [1.29, 1.82) is 0 Å². The number of fused-ring (bicyclic) bond motifs is 1. The summed E-state index contributed by atoms with van der Waals surface area (Å²) < 4.78 is 1.18. The number of likely N-dealkylation sites (N-methyl/N-ethyl adjacent to an activating group) is 1. The van der Waals surface area contributed by atoms with E-state index in [2.05, 4.69) is 64.6 Å². The summed E-state index contributed by atoms with van der Waals surface area (Å²) >= 11 is 5.31. The van der Waals surface area contributed by atoms with Gasteiger partial charge in [0.2, 0.25) is 0 Å². The molecular formula is C17H17BrN2S. The first-order valence-electron chi connectivity index (χ1n) is 6.95. The molecule has 0 saturated carbocycles. The Hall–Kier alpha value is -1.23. The van der Waals surface area contributed by atoms with E-state index >= 15 is 0 Å². The third-order valence-corrected chi connectivity index (χ3v) is 5.33. The minimum Gasteiger partial charge on any atom is -0.311 e. The molecule has 4 heteroatoms. The van der Waals surface area contributed by atoms with Gasteiger partial charge in [-0.25, -0.2) is 0 Å². The number of benzene rings is 1. The van der Waals surface area contributed by atoms with E-state index in [0.29, 0.717) is 0 Å². The van der Waals surface area contributed by atoms with Crippen LogP contribution in [0, 0.1) is 6.92 Å². The Labute approximate surface area is 137 Å². The molecule has 0 amide bonds. The molecule has 0 bridgehead atoms. The molecule has 1 N–H and O–H groups in total. The Morgan fingerprint density at radius 1 is 1.24 bits per heavy atom. The van der Waals surface area contributed by atoms with Gasteiger partial charge >= 0.3 is 0 Å². The first-order chi connectivity index (χ1) is 10.2. The summed E-state index contributed by atoms with van der Waals surface area (Å²) in [6.07, 6.45) is 0.956. The summed E-state index contributed by atoms with van der Waals surface area (Å²) in [5.41, 5.74) is 3.46. The topological polar surface area (TPSA) is 24.9 Å². The smallest absolute Gasteiger partial charge is 0.0708 e.